The van der Waals surface area contributed by atoms with Gasteiger partial charge in [0.1, 0.15) is 10.7 Å². The van der Waals surface area contributed by atoms with E-state index in [0.29, 0.717) is 26.2 Å². The number of halogens is 2. The number of hydrogen-bond donors (Lipinski definition) is 0. The monoisotopic (exact) mass is 437 g/mol. The zero-order valence-electron chi connectivity index (χ0n) is 14.8. The van der Waals surface area contributed by atoms with Crippen LogP contribution in [0.2, 0.25) is 5.02 Å². The lowest BCUT2D eigenvalue weighted by Gasteiger charge is -2.33. The lowest BCUT2D eigenvalue weighted by Crippen LogP contribution is -2.48. The van der Waals surface area contributed by atoms with Crippen molar-refractivity contribution in [2.24, 2.45) is 0 Å². The van der Waals surface area contributed by atoms with E-state index in [9.17, 15) is 12.8 Å². The summed E-state index contributed by atoms with van der Waals surface area (Å²) in [5.74, 6) is -0.563. The summed E-state index contributed by atoms with van der Waals surface area (Å²) in [4.78, 5) is 6.70. The molecule has 0 unspecified atom stereocenters. The quantitative estimate of drug-likeness (QED) is 0.616. The maximum atomic E-state index is 13.2. The molecule has 4 rings (SSSR count). The second kappa shape index (κ2) is 7.79. The van der Waals surface area contributed by atoms with Crippen LogP contribution in [0.25, 0.3) is 11.3 Å². The fourth-order valence-electron chi connectivity index (χ4n) is 3.09. The summed E-state index contributed by atoms with van der Waals surface area (Å²) in [6, 6.07) is 13.3. The Hall–Kier alpha value is -2.00. The Labute approximate surface area is 172 Å². The van der Waals surface area contributed by atoms with Gasteiger partial charge in [0.15, 0.2) is 5.13 Å². The number of anilines is 1. The molecule has 0 N–H and O–H groups in total. The first-order chi connectivity index (χ1) is 13.4. The SMILES string of the molecule is O=S(=O)(c1ccc(F)cc1Cl)N1CCN(c2nc(-c3ccccc3)cs2)CC1. The summed E-state index contributed by atoms with van der Waals surface area (Å²) in [5.41, 5.74) is 1.96. The predicted octanol–water partition coefficient (Wildman–Crippen LogP) is 4.11. The van der Waals surface area contributed by atoms with E-state index >= 15 is 0 Å². The van der Waals surface area contributed by atoms with Crippen LogP contribution in [0.4, 0.5) is 9.52 Å². The molecular weight excluding hydrogens is 421 g/mol. The van der Waals surface area contributed by atoms with Gasteiger partial charge in [-0.1, -0.05) is 41.9 Å². The third-order valence-electron chi connectivity index (χ3n) is 4.58. The van der Waals surface area contributed by atoms with Crippen molar-refractivity contribution in [3.63, 3.8) is 0 Å². The number of rotatable bonds is 4. The summed E-state index contributed by atoms with van der Waals surface area (Å²) in [5, 5.41) is 2.78. The molecule has 5 nitrogen and oxygen atoms in total. The second-order valence-electron chi connectivity index (χ2n) is 6.35. The Morgan fingerprint density at radius 3 is 2.43 bits per heavy atom. The number of hydrogen-bond acceptors (Lipinski definition) is 5. The molecular formula is C19H17ClFN3O2S2. The molecule has 1 aliphatic rings. The highest BCUT2D eigenvalue weighted by molar-refractivity contribution is 7.89. The van der Waals surface area contributed by atoms with E-state index in [-0.39, 0.29) is 9.92 Å². The molecule has 0 aliphatic carbocycles. The van der Waals surface area contributed by atoms with Gasteiger partial charge in [0.2, 0.25) is 10.0 Å². The molecule has 0 amide bonds. The summed E-state index contributed by atoms with van der Waals surface area (Å²) in [6.45, 7) is 1.69. The van der Waals surface area contributed by atoms with Gasteiger partial charge in [-0.3, -0.25) is 0 Å². The minimum absolute atomic E-state index is 0.0652. The van der Waals surface area contributed by atoms with Crippen LogP contribution in [0.1, 0.15) is 0 Å². The maximum absolute atomic E-state index is 13.2. The van der Waals surface area contributed by atoms with Gasteiger partial charge in [-0.15, -0.1) is 11.3 Å². The van der Waals surface area contributed by atoms with Crippen LogP contribution in [-0.2, 0) is 10.0 Å². The van der Waals surface area contributed by atoms with Crippen LogP contribution in [0.3, 0.4) is 0 Å². The predicted molar refractivity (Wildman–Crippen MR) is 110 cm³/mol. The Bertz CT molecular complexity index is 1080. The molecule has 0 saturated carbocycles. The van der Waals surface area contributed by atoms with Gasteiger partial charge in [-0.25, -0.2) is 17.8 Å². The van der Waals surface area contributed by atoms with E-state index in [0.717, 1.165) is 28.5 Å². The maximum Gasteiger partial charge on any atom is 0.244 e. The molecule has 9 heteroatoms. The zero-order chi connectivity index (χ0) is 19.7. The highest BCUT2D eigenvalue weighted by Crippen LogP contribution is 2.30. The molecule has 0 atom stereocenters. The number of piperazine rings is 1. The van der Waals surface area contributed by atoms with Gasteiger partial charge >= 0.3 is 0 Å². The van der Waals surface area contributed by atoms with Crippen LogP contribution in [-0.4, -0.2) is 43.9 Å². The standard InChI is InChI=1S/C19H17ClFN3O2S2/c20-16-12-15(21)6-7-18(16)28(25,26)24-10-8-23(9-11-24)19-22-17(13-27-19)14-4-2-1-3-5-14/h1-7,12-13H,8-11H2. The molecule has 0 bridgehead atoms. The first-order valence-electron chi connectivity index (χ1n) is 8.66. The average molecular weight is 438 g/mol. The first-order valence-corrected chi connectivity index (χ1v) is 11.4. The molecule has 1 aliphatic heterocycles. The second-order valence-corrected chi connectivity index (χ2v) is 9.50. The molecule has 1 fully saturated rings. The number of aromatic nitrogens is 1. The van der Waals surface area contributed by atoms with Crippen molar-refractivity contribution < 1.29 is 12.8 Å². The van der Waals surface area contributed by atoms with Crippen molar-refractivity contribution in [2.45, 2.75) is 4.90 Å². The van der Waals surface area contributed by atoms with E-state index in [2.05, 4.69) is 9.88 Å². The molecule has 1 aromatic heterocycles. The van der Waals surface area contributed by atoms with Gasteiger partial charge in [0, 0.05) is 37.1 Å². The lowest BCUT2D eigenvalue weighted by atomic mass is 10.2. The van der Waals surface area contributed by atoms with E-state index in [1.165, 1.54) is 10.4 Å². The van der Waals surface area contributed by atoms with Gasteiger partial charge in [-0.05, 0) is 18.2 Å². The van der Waals surface area contributed by atoms with E-state index < -0.39 is 15.8 Å². The molecule has 2 aromatic carbocycles. The highest BCUT2D eigenvalue weighted by atomic mass is 35.5. The number of nitrogens with zero attached hydrogens (tertiary/aromatic N) is 3. The minimum Gasteiger partial charge on any atom is -0.345 e. The topological polar surface area (TPSA) is 53.5 Å². The number of thiazole rings is 1. The van der Waals surface area contributed by atoms with Crippen molar-refractivity contribution in [3.05, 3.63) is 64.8 Å². The Morgan fingerprint density at radius 1 is 1.04 bits per heavy atom. The lowest BCUT2D eigenvalue weighted by molar-refractivity contribution is 0.384. The molecule has 0 radical (unpaired) electrons. The van der Waals surface area contributed by atoms with Crippen LogP contribution in [0.15, 0.2) is 58.8 Å². The smallest absolute Gasteiger partial charge is 0.244 e. The fraction of sp³-hybridized carbons (Fsp3) is 0.211. The Morgan fingerprint density at radius 2 is 1.75 bits per heavy atom. The Balaban J connectivity index is 1.47. The minimum atomic E-state index is -3.76. The summed E-state index contributed by atoms with van der Waals surface area (Å²) in [6.07, 6.45) is 0. The van der Waals surface area contributed by atoms with Crippen molar-refractivity contribution in [3.8, 4) is 11.3 Å². The first kappa shape index (κ1) is 19.3. The molecule has 3 aromatic rings. The van der Waals surface area contributed by atoms with Crippen LogP contribution < -0.4 is 4.90 Å². The van der Waals surface area contributed by atoms with Crippen molar-refractivity contribution in [1.29, 1.82) is 0 Å². The van der Waals surface area contributed by atoms with Gasteiger partial charge in [-0.2, -0.15) is 4.31 Å². The normalized spacial score (nSPS) is 15.7. The van der Waals surface area contributed by atoms with Crippen molar-refractivity contribution >= 4 is 38.1 Å². The third-order valence-corrected chi connectivity index (χ3v) is 7.87. The molecule has 1 saturated heterocycles. The molecule has 2 heterocycles. The van der Waals surface area contributed by atoms with Gasteiger partial charge in [0.25, 0.3) is 0 Å². The summed E-state index contributed by atoms with van der Waals surface area (Å²) >= 11 is 7.50. The third kappa shape index (κ3) is 3.77. The van der Waals surface area contributed by atoms with E-state index in [1.807, 2.05) is 35.7 Å². The largest absolute Gasteiger partial charge is 0.345 e. The zero-order valence-corrected chi connectivity index (χ0v) is 17.1. The number of sulfonamides is 1. The molecule has 0 spiro atoms. The van der Waals surface area contributed by atoms with Crippen LogP contribution in [0, 0.1) is 5.82 Å². The summed E-state index contributed by atoms with van der Waals surface area (Å²) in [7, 11) is -3.76. The van der Waals surface area contributed by atoms with E-state index in [1.54, 1.807) is 11.3 Å². The fourth-order valence-corrected chi connectivity index (χ4v) is 5.91. The van der Waals surface area contributed by atoms with Crippen LogP contribution in [0.5, 0.6) is 0 Å². The van der Waals surface area contributed by atoms with E-state index in [4.69, 9.17) is 11.6 Å². The average Bonchev–Trinajstić information content (AvgIpc) is 3.19. The highest BCUT2D eigenvalue weighted by Gasteiger charge is 2.31. The molecule has 146 valence electrons. The van der Waals surface area contributed by atoms with Crippen molar-refractivity contribution in [1.82, 2.24) is 9.29 Å². The number of benzene rings is 2. The van der Waals surface area contributed by atoms with Gasteiger partial charge in [0.05, 0.1) is 10.7 Å². The van der Waals surface area contributed by atoms with Gasteiger partial charge < -0.3 is 4.90 Å². The molecule has 28 heavy (non-hydrogen) atoms. The Kier molecular flexibility index (Phi) is 5.37. The summed E-state index contributed by atoms with van der Waals surface area (Å²) < 4.78 is 40.3. The van der Waals surface area contributed by atoms with Crippen molar-refractivity contribution in [2.75, 3.05) is 31.1 Å². The van der Waals surface area contributed by atoms with Crippen LogP contribution >= 0.6 is 22.9 Å².